The molecule has 0 saturated carbocycles. The van der Waals surface area contributed by atoms with Crippen molar-refractivity contribution in [2.75, 3.05) is 20.1 Å². The first kappa shape index (κ1) is 15.9. The van der Waals surface area contributed by atoms with Gasteiger partial charge in [-0.25, -0.2) is 0 Å². The lowest BCUT2D eigenvalue weighted by molar-refractivity contribution is 0.266. The number of rotatable bonds is 9. The second-order valence-electron chi connectivity index (χ2n) is 5.49. The van der Waals surface area contributed by atoms with Gasteiger partial charge in [0, 0.05) is 12.1 Å². The summed E-state index contributed by atoms with van der Waals surface area (Å²) < 4.78 is 0. The van der Waals surface area contributed by atoms with Crippen molar-refractivity contribution in [1.29, 1.82) is 0 Å². The molecule has 0 bridgehead atoms. The minimum Gasteiger partial charge on any atom is -0.314 e. The van der Waals surface area contributed by atoms with Crippen LogP contribution in [0.5, 0.6) is 0 Å². The minimum atomic E-state index is 0.673. The van der Waals surface area contributed by atoms with E-state index in [1.807, 2.05) is 0 Å². The molecule has 1 atom stereocenters. The van der Waals surface area contributed by atoms with Crippen LogP contribution in [0.2, 0.25) is 0 Å². The summed E-state index contributed by atoms with van der Waals surface area (Å²) in [6.45, 7) is 13.8. The van der Waals surface area contributed by atoms with Crippen molar-refractivity contribution in [3.63, 3.8) is 0 Å². The van der Waals surface area contributed by atoms with Gasteiger partial charge in [-0.1, -0.05) is 20.8 Å². The molecule has 0 aliphatic rings. The van der Waals surface area contributed by atoms with Gasteiger partial charge in [0.15, 0.2) is 0 Å². The first-order valence-electron chi connectivity index (χ1n) is 6.92. The fourth-order valence-electron chi connectivity index (χ4n) is 1.88. The van der Waals surface area contributed by atoms with E-state index < -0.39 is 0 Å². The maximum Gasteiger partial charge on any atom is 0.00874 e. The zero-order chi connectivity index (χ0) is 12.6. The molecule has 1 unspecified atom stereocenters. The fourth-order valence-corrected chi connectivity index (χ4v) is 1.88. The van der Waals surface area contributed by atoms with E-state index in [4.69, 9.17) is 0 Å². The van der Waals surface area contributed by atoms with Crippen LogP contribution >= 0.6 is 0 Å². The van der Waals surface area contributed by atoms with Crippen LogP contribution in [0.25, 0.3) is 0 Å². The largest absolute Gasteiger partial charge is 0.314 e. The van der Waals surface area contributed by atoms with Gasteiger partial charge in [-0.15, -0.1) is 0 Å². The summed E-state index contributed by atoms with van der Waals surface area (Å²) in [4.78, 5) is 2.42. The summed E-state index contributed by atoms with van der Waals surface area (Å²) in [6, 6.07) is 1.37. The Hall–Kier alpha value is -0.0800. The summed E-state index contributed by atoms with van der Waals surface area (Å²) >= 11 is 0. The van der Waals surface area contributed by atoms with Crippen molar-refractivity contribution in [3.8, 4) is 0 Å². The van der Waals surface area contributed by atoms with Crippen molar-refractivity contribution >= 4 is 0 Å². The van der Waals surface area contributed by atoms with Crippen LogP contribution in [0, 0.1) is 5.92 Å². The van der Waals surface area contributed by atoms with Crippen LogP contribution in [0.4, 0.5) is 0 Å². The zero-order valence-electron chi connectivity index (χ0n) is 12.2. The molecule has 0 aromatic rings. The third-order valence-electron chi connectivity index (χ3n) is 3.47. The summed E-state index contributed by atoms with van der Waals surface area (Å²) in [6.07, 6.45) is 3.83. The monoisotopic (exact) mass is 228 g/mol. The van der Waals surface area contributed by atoms with Crippen LogP contribution in [0.15, 0.2) is 0 Å². The van der Waals surface area contributed by atoms with E-state index in [-0.39, 0.29) is 0 Å². The Morgan fingerprint density at radius 1 is 1.06 bits per heavy atom. The standard InChI is InChI=1S/C14H32N2/c1-7-14(12(2)3)15-10-8-9-11-16(6)13(4)5/h12-15H,7-11H2,1-6H3. The molecule has 2 nitrogen and oxygen atoms in total. The first-order valence-corrected chi connectivity index (χ1v) is 6.92. The van der Waals surface area contributed by atoms with E-state index in [9.17, 15) is 0 Å². The maximum atomic E-state index is 3.65. The highest BCUT2D eigenvalue weighted by Gasteiger charge is 2.09. The van der Waals surface area contributed by atoms with Crippen molar-refractivity contribution < 1.29 is 0 Å². The average molecular weight is 228 g/mol. The molecule has 1 N–H and O–H groups in total. The quantitative estimate of drug-likeness (QED) is 0.610. The van der Waals surface area contributed by atoms with E-state index >= 15 is 0 Å². The smallest absolute Gasteiger partial charge is 0.00874 e. The van der Waals surface area contributed by atoms with E-state index in [1.54, 1.807) is 0 Å². The van der Waals surface area contributed by atoms with Gasteiger partial charge in [0.05, 0.1) is 0 Å². The summed E-state index contributed by atoms with van der Waals surface area (Å²) in [5, 5.41) is 3.65. The summed E-state index contributed by atoms with van der Waals surface area (Å²) in [5.41, 5.74) is 0. The number of hydrogen-bond donors (Lipinski definition) is 1. The summed E-state index contributed by atoms with van der Waals surface area (Å²) in [7, 11) is 2.21. The van der Waals surface area contributed by atoms with Gasteiger partial charge >= 0.3 is 0 Å². The number of nitrogens with zero attached hydrogens (tertiary/aromatic N) is 1. The van der Waals surface area contributed by atoms with Crippen LogP contribution in [0.3, 0.4) is 0 Å². The minimum absolute atomic E-state index is 0.673. The predicted molar refractivity (Wildman–Crippen MR) is 73.9 cm³/mol. The van der Waals surface area contributed by atoms with E-state index in [0.29, 0.717) is 12.1 Å². The SMILES string of the molecule is CCC(NCCCCN(C)C(C)C)C(C)C. The molecule has 0 heterocycles. The molecule has 0 amide bonds. The first-order chi connectivity index (χ1) is 7.49. The van der Waals surface area contributed by atoms with Crippen molar-refractivity contribution in [1.82, 2.24) is 10.2 Å². The third-order valence-corrected chi connectivity index (χ3v) is 3.47. The fraction of sp³-hybridized carbons (Fsp3) is 1.00. The number of hydrogen-bond acceptors (Lipinski definition) is 2. The zero-order valence-corrected chi connectivity index (χ0v) is 12.2. The lowest BCUT2D eigenvalue weighted by atomic mass is 10.0. The highest BCUT2D eigenvalue weighted by Crippen LogP contribution is 2.05. The molecule has 0 aliphatic carbocycles. The van der Waals surface area contributed by atoms with E-state index in [2.05, 4.69) is 51.9 Å². The Kier molecular flexibility index (Phi) is 8.96. The molecule has 16 heavy (non-hydrogen) atoms. The van der Waals surface area contributed by atoms with Crippen LogP contribution in [-0.2, 0) is 0 Å². The van der Waals surface area contributed by atoms with Gasteiger partial charge in [-0.2, -0.15) is 0 Å². The maximum absolute atomic E-state index is 3.65. The molecule has 2 heteroatoms. The van der Waals surface area contributed by atoms with Crippen molar-refractivity contribution in [2.24, 2.45) is 5.92 Å². The van der Waals surface area contributed by atoms with E-state index in [1.165, 1.54) is 32.4 Å². The Morgan fingerprint density at radius 2 is 1.69 bits per heavy atom. The molecule has 0 radical (unpaired) electrons. The highest BCUT2D eigenvalue weighted by molar-refractivity contribution is 4.68. The Morgan fingerprint density at radius 3 is 2.12 bits per heavy atom. The highest BCUT2D eigenvalue weighted by atomic mass is 15.1. The molecule has 0 aliphatic heterocycles. The van der Waals surface area contributed by atoms with Gasteiger partial charge < -0.3 is 10.2 Å². The Bertz CT molecular complexity index is 155. The van der Waals surface area contributed by atoms with Gasteiger partial charge in [-0.05, 0) is 59.2 Å². The molecule has 0 aromatic carbocycles. The van der Waals surface area contributed by atoms with Gasteiger partial charge in [0.2, 0.25) is 0 Å². The van der Waals surface area contributed by atoms with Crippen LogP contribution in [-0.4, -0.2) is 37.1 Å². The molecular formula is C14H32N2. The lowest BCUT2D eigenvalue weighted by Crippen LogP contribution is -2.34. The predicted octanol–water partition coefficient (Wildman–Crippen LogP) is 3.13. The lowest BCUT2D eigenvalue weighted by Gasteiger charge is -2.22. The average Bonchev–Trinajstić information content (AvgIpc) is 2.22. The van der Waals surface area contributed by atoms with E-state index in [0.717, 1.165) is 5.92 Å². The molecule has 0 fully saturated rings. The van der Waals surface area contributed by atoms with Crippen molar-refractivity contribution in [3.05, 3.63) is 0 Å². The third kappa shape index (κ3) is 7.24. The Balaban J connectivity index is 3.46. The van der Waals surface area contributed by atoms with Gasteiger partial charge in [-0.3, -0.25) is 0 Å². The Labute approximate surface area is 103 Å². The molecule has 0 spiro atoms. The second kappa shape index (κ2) is 9.00. The normalized spacial score (nSPS) is 14.1. The molecular weight excluding hydrogens is 196 g/mol. The molecule has 0 rings (SSSR count). The molecule has 0 aromatic heterocycles. The topological polar surface area (TPSA) is 15.3 Å². The van der Waals surface area contributed by atoms with Gasteiger partial charge in [0.1, 0.15) is 0 Å². The number of nitrogens with one attached hydrogen (secondary N) is 1. The second-order valence-corrected chi connectivity index (χ2v) is 5.49. The van der Waals surface area contributed by atoms with Crippen LogP contribution in [0.1, 0.15) is 53.9 Å². The molecule has 98 valence electrons. The van der Waals surface area contributed by atoms with Crippen molar-refractivity contribution in [2.45, 2.75) is 66.0 Å². The molecule has 0 saturated heterocycles. The summed E-state index contributed by atoms with van der Waals surface area (Å²) in [5.74, 6) is 0.753. The van der Waals surface area contributed by atoms with Gasteiger partial charge in [0.25, 0.3) is 0 Å². The van der Waals surface area contributed by atoms with Crippen LogP contribution < -0.4 is 5.32 Å². The number of unbranched alkanes of at least 4 members (excludes halogenated alkanes) is 1.